The van der Waals surface area contributed by atoms with E-state index in [1.165, 1.54) is 6.08 Å². The Labute approximate surface area is 166 Å². The predicted molar refractivity (Wildman–Crippen MR) is 106 cm³/mol. The van der Waals surface area contributed by atoms with E-state index in [2.05, 4.69) is 5.32 Å². The van der Waals surface area contributed by atoms with E-state index in [0.29, 0.717) is 38.7 Å². The Balaban J connectivity index is 2.27. The number of nitrogens with one attached hydrogen (secondary N) is 1. The summed E-state index contributed by atoms with van der Waals surface area (Å²) in [7, 11) is 0. The summed E-state index contributed by atoms with van der Waals surface area (Å²) in [6.45, 7) is 2.45. The number of nitriles is 1. The summed E-state index contributed by atoms with van der Waals surface area (Å²) in [6, 6.07) is 11.8. The van der Waals surface area contributed by atoms with E-state index in [1.54, 1.807) is 36.4 Å². The summed E-state index contributed by atoms with van der Waals surface area (Å²) in [6.07, 6.45) is 2.21. The zero-order chi connectivity index (χ0) is 19.1. The number of hydrogen-bond acceptors (Lipinski definition) is 3. The highest BCUT2D eigenvalue weighted by Crippen LogP contribution is 2.35. The normalized spacial score (nSPS) is 11.0. The van der Waals surface area contributed by atoms with Crippen molar-refractivity contribution in [2.75, 3.05) is 11.9 Å². The van der Waals surface area contributed by atoms with E-state index in [-0.39, 0.29) is 5.57 Å². The van der Waals surface area contributed by atoms with Crippen molar-refractivity contribution in [2.24, 2.45) is 0 Å². The van der Waals surface area contributed by atoms with Crippen molar-refractivity contribution in [3.63, 3.8) is 0 Å². The average Bonchev–Trinajstić information content (AvgIpc) is 2.61. The van der Waals surface area contributed by atoms with Crippen LogP contribution in [0.1, 0.15) is 18.9 Å². The summed E-state index contributed by atoms with van der Waals surface area (Å²) in [5.74, 6) is -0.203. The largest absolute Gasteiger partial charge is 0.490 e. The first-order chi connectivity index (χ1) is 12.5. The molecular weight excluding hydrogens is 395 g/mol. The van der Waals surface area contributed by atoms with Crippen LogP contribution in [0.25, 0.3) is 6.08 Å². The summed E-state index contributed by atoms with van der Waals surface area (Å²) in [5.41, 5.74) is 0.814. The zero-order valence-corrected chi connectivity index (χ0v) is 16.1. The molecule has 0 atom stereocenters. The van der Waals surface area contributed by atoms with Crippen LogP contribution >= 0.6 is 34.8 Å². The third-order valence-corrected chi connectivity index (χ3v) is 4.16. The van der Waals surface area contributed by atoms with Crippen LogP contribution in [0.4, 0.5) is 5.69 Å². The molecule has 7 heteroatoms. The van der Waals surface area contributed by atoms with Crippen LogP contribution in [-0.2, 0) is 4.79 Å². The van der Waals surface area contributed by atoms with Crippen LogP contribution in [0.3, 0.4) is 0 Å². The van der Waals surface area contributed by atoms with Crippen molar-refractivity contribution in [1.82, 2.24) is 0 Å². The average molecular weight is 410 g/mol. The van der Waals surface area contributed by atoms with Crippen molar-refractivity contribution in [3.8, 4) is 11.8 Å². The SMILES string of the molecule is CCCOc1c(Cl)cc(/C=C(\C#N)C(=O)Nc2ccccc2Cl)cc1Cl. The summed E-state index contributed by atoms with van der Waals surface area (Å²) < 4.78 is 5.50. The van der Waals surface area contributed by atoms with Gasteiger partial charge in [-0.2, -0.15) is 5.26 Å². The van der Waals surface area contributed by atoms with Crippen LogP contribution in [0.15, 0.2) is 42.0 Å². The third kappa shape index (κ3) is 5.15. The van der Waals surface area contributed by atoms with Gasteiger partial charge in [-0.15, -0.1) is 0 Å². The Morgan fingerprint density at radius 1 is 1.19 bits per heavy atom. The van der Waals surface area contributed by atoms with Gasteiger partial charge in [-0.1, -0.05) is 53.9 Å². The van der Waals surface area contributed by atoms with Gasteiger partial charge < -0.3 is 10.1 Å². The second kappa shape index (κ2) is 9.49. The fourth-order valence-electron chi connectivity index (χ4n) is 2.07. The van der Waals surface area contributed by atoms with E-state index in [4.69, 9.17) is 39.5 Å². The molecule has 4 nitrogen and oxygen atoms in total. The maximum Gasteiger partial charge on any atom is 0.266 e. The molecule has 1 amide bonds. The lowest BCUT2D eigenvalue weighted by Gasteiger charge is -2.10. The van der Waals surface area contributed by atoms with Gasteiger partial charge in [0, 0.05) is 0 Å². The van der Waals surface area contributed by atoms with E-state index in [0.717, 1.165) is 6.42 Å². The van der Waals surface area contributed by atoms with Gasteiger partial charge in [-0.05, 0) is 42.3 Å². The van der Waals surface area contributed by atoms with Crippen LogP contribution in [0.5, 0.6) is 5.75 Å². The number of anilines is 1. The Kier molecular flexibility index (Phi) is 7.35. The fourth-order valence-corrected chi connectivity index (χ4v) is 2.87. The molecule has 0 aliphatic heterocycles. The Morgan fingerprint density at radius 3 is 2.42 bits per heavy atom. The second-order valence-electron chi connectivity index (χ2n) is 5.27. The highest BCUT2D eigenvalue weighted by atomic mass is 35.5. The first kappa shape index (κ1) is 20.1. The lowest BCUT2D eigenvalue weighted by atomic mass is 10.1. The van der Waals surface area contributed by atoms with Gasteiger partial charge in [0.2, 0.25) is 0 Å². The minimum Gasteiger partial charge on any atom is -0.490 e. The molecule has 2 aromatic carbocycles. The molecule has 0 unspecified atom stereocenters. The van der Waals surface area contributed by atoms with E-state index < -0.39 is 5.91 Å². The molecule has 1 N–H and O–H groups in total. The highest BCUT2D eigenvalue weighted by Gasteiger charge is 2.13. The van der Waals surface area contributed by atoms with Gasteiger partial charge in [-0.3, -0.25) is 4.79 Å². The number of carbonyl (C=O) groups is 1. The van der Waals surface area contributed by atoms with E-state index in [9.17, 15) is 10.1 Å². The predicted octanol–water partition coefficient (Wildman–Crippen LogP) is 5.98. The maximum absolute atomic E-state index is 12.3. The monoisotopic (exact) mass is 408 g/mol. The standard InChI is InChI=1S/C19H15Cl3N2O2/c1-2-7-26-18-15(21)9-12(10-16(18)22)8-13(11-23)19(25)24-17-6-4-3-5-14(17)20/h3-6,8-10H,2,7H2,1H3,(H,24,25)/b13-8+. The van der Waals surface area contributed by atoms with Gasteiger partial charge >= 0.3 is 0 Å². The topological polar surface area (TPSA) is 62.1 Å². The quantitative estimate of drug-likeness (QED) is 0.471. The van der Waals surface area contributed by atoms with Gasteiger partial charge in [0.05, 0.1) is 27.4 Å². The van der Waals surface area contributed by atoms with Crippen molar-refractivity contribution < 1.29 is 9.53 Å². The Hall–Kier alpha value is -2.19. The Morgan fingerprint density at radius 2 is 1.85 bits per heavy atom. The number of hydrogen-bond donors (Lipinski definition) is 1. The minimum absolute atomic E-state index is 0.112. The van der Waals surface area contributed by atoms with E-state index in [1.807, 2.05) is 13.0 Å². The highest BCUT2D eigenvalue weighted by molar-refractivity contribution is 6.37. The lowest BCUT2D eigenvalue weighted by Crippen LogP contribution is -2.13. The molecule has 0 fully saturated rings. The molecular formula is C19H15Cl3N2O2. The van der Waals surface area contributed by atoms with E-state index >= 15 is 0 Å². The van der Waals surface area contributed by atoms with Crippen LogP contribution in [-0.4, -0.2) is 12.5 Å². The molecule has 0 saturated carbocycles. The van der Waals surface area contributed by atoms with Crippen molar-refractivity contribution in [2.45, 2.75) is 13.3 Å². The van der Waals surface area contributed by atoms with Crippen molar-refractivity contribution in [3.05, 3.63) is 62.6 Å². The molecule has 0 radical (unpaired) electrons. The van der Waals surface area contributed by atoms with Crippen LogP contribution in [0.2, 0.25) is 15.1 Å². The van der Waals surface area contributed by atoms with Crippen LogP contribution in [0, 0.1) is 11.3 Å². The molecule has 0 bridgehead atoms. The molecule has 0 spiro atoms. The number of amides is 1. The first-order valence-corrected chi connectivity index (χ1v) is 8.89. The number of para-hydroxylation sites is 1. The van der Waals surface area contributed by atoms with Gasteiger partial charge in [-0.25, -0.2) is 0 Å². The van der Waals surface area contributed by atoms with Gasteiger partial charge in [0.15, 0.2) is 5.75 Å². The molecule has 2 aromatic rings. The van der Waals surface area contributed by atoms with Crippen molar-refractivity contribution in [1.29, 1.82) is 5.26 Å². The smallest absolute Gasteiger partial charge is 0.266 e. The fraction of sp³-hybridized carbons (Fsp3) is 0.158. The first-order valence-electron chi connectivity index (χ1n) is 7.75. The van der Waals surface area contributed by atoms with Crippen LogP contribution < -0.4 is 10.1 Å². The number of nitrogens with zero attached hydrogens (tertiary/aromatic N) is 1. The molecule has 0 aliphatic carbocycles. The minimum atomic E-state index is -0.584. The number of benzene rings is 2. The molecule has 26 heavy (non-hydrogen) atoms. The third-order valence-electron chi connectivity index (χ3n) is 3.27. The summed E-state index contributed by atoms with van der Waals surface area (Å²) in [5, 5.41) is 12.9. The Bertz CT molecular complexity index is 866. The molecule has 0 saturated heterocycles. The number of rotatable bonds is 6. The second-order valence-corrected chi connectivity index (χ2v) is 6.49. The van der Waals surface area contributed by atoms with Crippen molar-refractivity contribution >= 4 is 52.5 Å². The van der Waals surface area contributed by atoms with Gasteiger partial charge in [0.25, 0.3) is 5.91 Å². The molecule has 134 valence electrons. The zero-order valence-electron chi connectivity index (χ0n) is 13.9. The molecule has 0 heterocycles. The lowest BCUT2D eigenvalue weighted by molar-refractivity contribution is -0.112. The number of ether oxygens (including phenoxy) is 1. The van der Waals surface area contributed by atoms with Gasteiger partial charge in [0.1, 0.15) is 11.6 Å². The molecule has 0 aliphatic rings. The maximum atomic E-state index is 12.3. The molecule has 0 aromatic heterocycles. The summed E-state index contributed by atoms with van der Waals surface area (Å²) >= 11 is 18.4. The number of carbonyl (C=O) groups excluding carboxylic acids is 1. The molecule has 2 rings (SSSR count). The summed E-state index contributed by atoms with van der Waals surface area (Å²) in [4.78, 5) is 12.3. The number of halogens is 3.